The van der Waals surface area contributed by atoms with Crippen molar-refractivity contribution in [3.8, 4) is 0 Å². The van der Waals surface area contributed by atoms with E-state index in [2.05, 4.69) is 5.10 Å². The third-order valence-corrected chi connectivity index (χ3v) is 2.84. The number of hydrogen-bond acceptors (Lipinski definition) is 2. The molecule has 1 aliphatic rings. The van der Waals surface area contributed by atoms with Gasteiger partial charge in [-0.15, -0.1) is 0 Å². The number of carbonyl (C=O) groups is 1. The summed E-state index contributed by atoms with van der Waals surface area (Å²) in [6.45, 7) is 5.67. The largest absolute Gasteiger partial charge is 0.280 e. The molecule has 1 aromatic rings. The van der Waals surface area contributed by atoms with Gasteiger partial charge in [-0.2, -0.15) is 10.1 Å². The van der Waals surface area contributed by atoms with E-state index in [1.54, 1.807) is 24.3 Å². The fraction of sp³-hybridized carbons (Fsp3) is 0.231. The molecule has 88 valence electrons. The van der Waals surface area contributed by atoms with E-state index in [4.69, 9.17) is 11.6 Å². The fourth-order valence-electron chi connectivity index (χ4n) is 1.84. The number of allylic oxidation sites excluding steroid dienone is 1. The number of rotatable bonds is 1. The fourth-order valence-corrected chi connectivity index (χ4v) is 1.97. The van der Waals surface area contributed by atoms with Crippen LogP contribution in [0.2, 0.25) is 5.02 Å². The first-order valence-electron chi connectivity index (χ1n) is 5.34. The Bertz CT molecular complexity index is 525. The molecule has 0 aliphatic carbocycles. The molecule has 3 nitrogen and oxygen atoms in total. The average Bonchev–Trinajstić information content (AvgIpc) is 2.55. The molecule has 1 heterocycles. The number of halogens is 1. The van der Waals surface area contributed by atoms with Gasteiger partial charge in [0.25, 0.3) is 5.91 Å². The maximum absolute atomic E-state index is 12.2. The molecule has 0 radical (unpaired) electrons. The van der Waals surface area contributed by atoms with E-state index in [1.165, 1.54) is 5.01 Å². The molecule has 0 aromatic heterocycles. The molecule has 0 saturated heterocycles. The van der Waals surface area contributed by atoms with Crippen LogP contribution in [0.3, 0.4) is 0 Å². The van der Waals surface area contributed by atoms with E-state index in [1.807, 2.05) is 20.8 Å². The summed E-state index contributed by atoms with van der Waals surface area (Å²) >= 11 is 5.81. The highest BCUT2D eigenvalue weighted by atomic mass is 35.5. The van der Waals surface area contributed by atoms with E-state index in [-0.39, 0.29) is 5.91 Å². The van der Waals surface area contributed by atoms with Gasteiger partial charge < -0.3 is 0 Å². The molecule has 0 saturated carbocycles. The van der Waals surface area contributed by atoms with Crippen molar-refractivity contribution in [2.24, 2.45) is 5.10 Å². The molecule has 0 spiro atoms. The number of hydrogen-bond donors (Lipinski definition) is 0. The number of benzene rings is 1. The van der Waals surface area contributed by atoms with Crippen LogP contribution in [0.5, 0.6) is 0 Å². The third-order valence-electron chi connectivity index (χ3n) is 2.59. The number of carbonyl (C=O) groups excluding carboxylic acids is 1. The Morgan fingerprint density at radius 1 is 1.24 bits per heavy atom. The Hall–Kier alpha value is -1.61. The van der Waals surface area contributed by atoms with Crippen molar-refractivity contribution in [1.29, 1.82) is 0 Å². The summed E-state index contributed by atoms with van der Waals surface area (Å²) < 4.78 is 0. The Morgan fingerprint density at radius 3 is 2.29 bits per heavy atom. The predicted molar refractivity (Wildman–Crippen MR) is 70.4 cm³/mol. The third kappa shape index (κ3) is 2.11. The highest BCUT2D eigenvalue weighted by Gasteiger charge is 2.29. The van der Waals surface area contributed by atoms with Gasteiger partial charge in [0, 0.05) is 5.02 Å². The Labute approximate surface area is 105 Å². The summed E-state index contributed by atoms with van der Waals surface area (Å²) in [5, 5.41) is 6.32. The molecule has 0 N–H and O–H groups in total. The van der Waals surface area contributed by atoms with Crippen LogP contribution in [0.4, 0.5) is 5.69 Å². The van der Waals surface area contributed by atoms with E-state index in [0.717, 1.165) is 17.0 Å². The van der Waals surface area contributed by atoms with Crippen LogP contribution >= 0.6 is 11.6 Å². The molecule has 17 heavy (non-hydrogen) atoms. The number of anilines is 1. The van der Waals surface area contributed by atoms with Gasteiger partial charge in [0.05, 0.1) is 17.0 Å². The zero-order chi connectivity index (χ0) is 12.6. The lowest BCUT2D eigenvalue weighted by atomic mass is 10.1. The maximum atomic E-state index is 12.2. The van der Waals surface area contributed by atoms with Crippen LogP contribution in [-0.4, -0.2) is 11.6 Å². The smallest absolute Gasteiger partial charge is 0.267 e. The van der Waals surface area contributed by atoms with Crippen molar-refractivity contribution in [2.75, 3.05) is 5.01 Å². The van der Waals surface area contributed by atoms with Gasteiger partial charge in [-0.25, -0.2) is 0 Å². The standard InChI is InChI=1S/C13H13ClN2O/c1-8(2)12-9(3)15-16(13(12)17)11-6-4-10(14)5-7-11/h4-7H,1-3H3. The molecular weight excluding hydrogens is 236 g/mol. The lowest BCUT2D eigenvalue weighted by Gasteiger charge is -2.11. The Balaban J connectivity index is 2.41. The Morgan fingerprint density at radius 2 is 1.82 bits per heavy atom. The molecule has 0 bridgehead atoms. The lowest BCUT2D eigenvalue weighted by molar-refractivity contribution is -0.114. The van der Waals surface area contributed by atoms with Crippen molar-refractivity contribution in [2.45, 2.75) is 20.8 Å². The number of hydrazone groups is 1. The molecule has 1 aliphatic heterocycles. The zero-order valence-electron chi connectivity index (χ0n) is 9.99. The van der Waals surface area contributed by atoms with Gasteiger partial charge in [-0.3, -0.25) is 4.79 Å². The lowest BCUT2D eigenvalue weighted by Crippen LogP contribution is -2.21. The predicted octanol–water partition coefficient (Wildman–Crippen LogP) is 3.40. The first kappa shape index (κ1) is 11.9. The van der Waals surface area contributed by atoms with Crippen LogP contribution in [0, 0.1) is 0 Å². The second kappa shape index (κ2) is 4.34. The number of nitrogens with zero attached hydrogens (tertiary/aromatic N) is 2. The van der Waals surface area contributed by atoms with Crippen molar-refractivity contribution in [3.63, 3.8) is 0 Å². The molecule has 0 fully saturated rings. The van der Waals surface area contributed by atoms with Gasteiger partial charge in [-0.05, 0) is 45.0 Å². The van der Waals surface area contributed by atoms with Crippen molar-refractivity contribution in [3.05, 3.63) is 40.4 Å². The van der Waals surface area contributed by atoms with Crippen molar-refractivity contribution >= 4 is 28.9 Å². The minimum Gasteiger partial charge on any atom is -0.267 e. The van der Waals surface area contributed by atoms with E-state index >= 15 is 0 Å². The average molecular weight is 249 g/mol. The summed E-state index contributed by atoms with van der Waals surface area (Å²) in [5.41, 5.74) is 3.16. The van der Waals surface area contributed by atoms with E-state index in [0.29, 0.717) is 10.6 Å². The highest BCUT2D eigenvalue weighted by Crippen LogP contribution is 2.26. The van der Waals surface area contributed by atoms with E-state index in [9.17, 15) is 4.79 Å². The van der Waals surface area contributed by atoms with Gasteiger partial charge >= 0.3 is 0 Å². The van der Waals surface area contributed by atoms with Gasteiger partial charge in [-0.1, -0.05) is 17.2 Å². The second-order valence-corrected chi connectivity index (χ2v) is 4.59. The second-order valence-electron chi connectivity index (χ2n) is 4.15. The minimum atomic E-state index is -0.0789. The van der Waals surface area contributed by atoms with E-state index < -0.39 is 0 Å². The summed E-state index contributed by atoms with van der Waals surface area (Å²) in [6.07, 6.45) is 0. The van der Waals surface area contributed by atoms with Gasteiger partial charge in [0.15, 0.2) is 0 Å². The zero-order valence-corrected chi connectivity index (χ0v) is 10.7. The molecule has 2 rings (SSSR count). The molecular formula is C13H13ClN2O. The molecule has 4 heteroatoms. The van der Waals surface area contributed by atoms with Gasteiger partial charge in [0.2, 0.25) is 0 Å². The number of amides is 1. The SMILES string of the molecule is CC1=NN(c2ccc(Cl)cc2)C(=O)C1=C(C)C. The first-order chi connectivity index (χ1) is 8.00. The normalized spacial score (nSPS) is 15.3. The van der Waals surface area contributed by atoms with Crippen LogP contribution in [-0.2, 0) is 4.79 Å². The molecule has 0 atom stereocenters. The monoisotopic (exact) mass is 248 g/mol. The van der Waals surface area contributed by atoms with Crippen LogP contribution in [0.25, 0.3) is 0 Å². The topological polar surface area (TPSA) is 32.7 Å². The van der Waals surface area contributed by atoms with Crippen LogP contribution in [0.15, 0.2) is 40.5 Å². The summed E-state index contributed by atoms with van der Waals surface area (Å²) in [5.74, 6) is -0.0789. The van der Waals surface area contributed by atoms with Gasteiger partial charge in [0.1, 0.15) is 0 Å². The van der Waals surface area contributed by atoms with Crippen molar-refractivity contribution in [1.82, 2.24) is 0 Å². The van der Waals surface area contributed by atoms with Crippen LogP contribution < -0.4 is 5.01 Å². The summed E-state index contributed by atoms with van der Waals surface area (Å²) in [6, 6.07) is 7.06. The van der Waals surface area contributed by atoms with Crippen LogP contribution in [0.1, 0.15) is 20.8 Å². The Kier molecular flexibility index (Phi) is 3.03. The minimum absolute atomic E-state index is 0.0789. The molecule has 1 amide bonds. The maximum Gasteiger partial charge on any atom is 0.280 e. The van der Waals surface area contributed by atoms with Crippen molar-refractivity contribution < 1.29 is 4.79 Å². The quantitative estimate of drug-likeness (QED) is 0.701. The first-order valence-corrected chi connectivity index (χ1v) is 5.71. The molecule has 0 unspecified atom stereocenters. The summed E-state index contributed by atoms with van der Waals surface area (Å²) in [7, 11) is 0. The molecule has 1 aromatic carbocycles. The highest BCUT2D eigenvalue weighted by molar-refractivity contribution is 6.31. The summed E-state index contributed by atoms with van der Waals surface area (Å²) in [4.78, 5) is 12.2.